The molecule has 0 N–H and O–H groups in total. The van der Waals surface area contributed by atoms with Crippen molar-refractivity contribution in [2.45, 2.75) is 34.1 Å². The van der Waals surface area contributed by atoms with Gasteiger partial charge in [-0.15, -0.1) is 0 Å². The second-order valence-electron chi connectivity index (χ2n) is 6.65. The maximum atomic E-state index is 14.4. The summed E-state index contributed by atoms with van der Waals surface area (Å²) in [4.78, 5) is 29.0. The highest BCUT2D eigenvalue weighted by Crippen LogP contribution is 2.21. The number of rotatable bonds is 4. The minimum absolute atomic E-state index is 0.188. The lowest BCUT2D eigenvalue weighted by molar-refractivity contribution is -0.112. The van der Waals surface area contributed by atoms with Gasteiger partial charge in [0.15, 0.2) is 5.78 Å². The van der Waals surface area contributed by atoms with Gasteiger partial charge < -0.3 is 0 Å². The molecule has 2 aromatic carbocycles. The van der Waals surface area contributed by atoms with E-state index in [-0.39, 0.29) is 16.9 Å². The fraction of sp³-hybridized carbons (Fsp3) is 0.227. The number of carbonyl (C=O) groups is 1. The second kappa shape index (κ2) is 7.27. The Morgan fingerprint density at radius 2 is 1.96 bits per heavy atom. The van der Waals surface area contributed by atoms with Crippen LogP contribution in [0.2, 0.25) is 0 Å². The summed E-state index contributed by atoms with van der Waals surface area (Å²) in [5.74, 6) is -0.132. The van der Waals surface area contributed by atoms with Gasteiger partial charge in [-0.3, -0.25) is 14.2 Å². The van der Waals surface area contributed by atoms with Crippen LogP contribution in [-0.2, 0) is 11.2 Å². The van der Waals surface area contributed by atoms with Crippen LogP contribution in [-0.4, -0.2) is 15.3 Å². The highest BCUT2D eigenvalue weighted by Gasteiger charge is 2.15. The largest absolute Gasteiger partial charge is 0.295 e. The molecule has 138 valence electrons. The van der Waals surface area contributed by atoms with Gasteiger partial charge in [0.1, 0.15) is 11.6 Å². The first-order valence-corrected chi connectivity index (χ1v) is 8.83. The number of aryl methyl sites for hydroxylation is 3. The molecular weight excluding hydrogens is 343 g/mol. The van der Waals surface area contributed by atoms with Crippen molar-refractivity contribution in [2.75, 3.05) is 0 Å². The molecule has 0 amide bonds. The standard InChI is InChI=1S/C22H21FN2O2/c1-5-21-24-19-12-18(23)16(9-8-15(4)26)11-17(19)22(27)25(21)20-10-13(2)6-7-14(20)3/h6-12H,5H2,1-4H3/b9-8+. The molecule has 3 aromatic rings. The average molecular weight is 364 g/mol. The van der Waals surface area contributed by atoms with Gasteiger partial charge in [-0.2, -0.15) is 0 Å². The van der Waals surface area contributed by atoms with E-state index in [1.54, 1.807) is 4.57 Å². The van der Waals surface area contributed by atoms with Crippen molar-refractivity contribution >= 4 is 22.8 Å². The van der Waals surface area contributed by atoms with Gasteiger partial charge in [0.25, 0.3) is 5.56 Å². The van der Waals surface area contributed by atoms with Gasteiger partial charge >= 0.3 is 0 Å². The maximum Gasteiger partial charge on any atom is 0.266 e. The van der Waals surface area contributed by atoms with Gasteiger partial charge in [-0.25, -0.2) is 9.37 Å². The van der Waals surface area contributed by atoms with E-state index in [2.05, 4.69) is 4.98 Å². The van der Waals surface area contributed by atoms with Crippen molar-refractivity contribution in [3.05, 3.63) is 75.1 Å². The van der Waals surface area contributed by atoms with E-state index < -0.39 is 5.82 Å². The second-order valence-corrected chi connectivity index (χ2v) is 6.65. The number of nitrogens with zero attached hydrogens (tertiary/aromatic N) is 2. The SMILES string of the molecule is CCc1nc2cc(F)c(/C=C/C(C)=O)cc2c(=O)n1-c1cc(C)ccc1C. The number of ketones is 1. The maximum absolute atomic E-state index is 14.4. The van der Waals surface area contributed by atoms with Crippen molar-refractivity contribution in [1.82, 2.24) is 9.55 Å². The molecule has 0 aliphatic rings. The van der Waals surface area contributed by atoms with Crippen LogP contribution in [0.4, 0.5) is 4.39 Å². The molecule has 0 fully saturated rings. The quantitative estimate of drug-likeness (QED) is 0.649. The Morgan fingerprint density at radius 3 is 2.63 bits per heavy atom. The number of carbonyl (C=O) groups excluding carboxylic acids is 1. The Morgan fingerprint density at radius 1 is 1.22 bits per heavy atom. The summed E-state index contributed by atoms with van der Waals surface area (Å²) < 4.78 is 16.0. The molecule has 1 heterocycles. The van der Waals surface area contributed by atoms with Gasteiger partial charge in [0, 0.05) is 18.1 Å². The van der Waals surface area contributed by atoms with E-state index in [9.17, 15) is 14.0 Å². The summed E-state index contributed by atoms with van der Waals surface area (Å²) in [5, 5.41) is 0.317. The molecule has 0 saturated carbocycles. The van der Waals surface area contributed by atoms with E-state index in [4.69, 9.17) is 0 Å². The number of aromatic nitrogens is 2. The molecule has 4 nitrogen and oxygen atoms in total. The minimum Gasteiger partial charge on any atom is -0.295 e. The number of hydrogen-bond donors (Lipinski definition) is 0. The summed E-state index contributed by atoms with van der Waals surface area (Å²) in [6.07, 6.45) is 3.19. The summed E-state index contributed by atoms with van der Waals surface area (Å²) in [5.41, 5.74) is 3.02. The van der Waals surface area contributed by atoms with Crippen LogP contribution in [0.15, 0.2) is 41.2 Å². The Hall–Kier alpha value is -3.08. The first-order chi connectivity index (χ1) is 12.8. The van der Waals surface area contributed by atoms with Crippen molar-refractivity contribution in [1.29, 1.82) is 0 Å². The predicted molar refractivity (Wildman–Crippen MR) is 106 cm³/mol. The number of benzene rings is 2. The predicted octanol–water partition coefficient (Wildman–Crippen LogP) is 4.31. The van der Waals surface area contributed by atoms with Gasteiger partial charge in [-0.05, 0) is 56.2 Å². The Bertz CT molecular complexity index is 1140. The number of hydrogen-bond acceptors (Lipinski definition) is 3. The van der Waals surface area contributed by atoms with Crippen LogP contribution in [0.1, 0.15) is 36.4 Å². The molecule has 27 heavy (non-hydrogen) atoms. The van der Waals surface area contributed by atoms with Crippen molar-refractivity contribution in [3.8, 4) is 5.69 Å². The minimum atomic E-state index is -0.515. The van der Waals surface area contributed by atoms with Crippen LogP contribution >= 0.6 is 0 Å². The molecule has 0 radical (unpaired) electrons. The number of allylic oxidation sites excluding steroid dienone is 1. The molecule has 3 rings (SSSR count). The monoisotopic (exact) mass is 364 g/mol. The van der Waals surface area contributed by atoms with Crippen LogP contribution < -0.4 is 5.56 Å². The van der Waals surface area contributed by atoms with Crippen molar-refractivity contribution in [3.63, 3.8) is 0 Å². The van der Waals surface area contributed by atoms with Gasteiger partial charge in [0.05, 0.1) is 16.6 Å². The lowest BCUT2D eigenvalue weighted by Gasteiger charge is -2.15. The highest BCUT2D eigenvalue weighted by atomic mass is 19.1. The Kier molecular flexibility index (Phi) is 5.04. The fourth-order valence-electron chi connectivity index (χ4n) is 3.05. The molecular formula is C22H21FN2O2. The van der Waals surface area contributed by atoms with Crippen molar-refractivity contribution < 1.29 is 9.18 Å². The van der Waals surface area contributed by atoms with Crippen LogP contribution in [0.5, 0.6) is 0 Å². The summed E-state index contributed by atoms with van der Waals surface area (Å²) in [6.45, 7) is 7.21. The molecule has 1 aromatic heterocycles. The number of halogens is 1. The summed E-state index contributed by atoms with van der Waals surface area (Å²) in [6, 6.07) is 8.61. The first-order valence-electron chi connectivity index (χ1n) is 8.83. The third kappa shape index (κ3) is 3.58. The average Bonchev–Trinajstić information content (AvgIpc) is 2.62. The zero-order chi connectivity index (χ0) is 19.7. The zero-order valence-electron chi connectivity index (χ0n) is 15.8. The Labute approximate surface area is 157 Å². The topological polar surface area (TPSA) is 52.0 Å². The van der Waals surface area contributed by atoms with Gasteiger partial charge in [0.2, 0.25) is 0 Å². The van der Waals surface area contributed by atoms with Crippen LogP contribution in [0.3, 0.4) is 0 Å². The van der Waals surface area contributed by atoms with Crippen LogP contribution in [0.25, 0.3) is 22.7 Å². The molecule has 0 saturated heterocycles. The summed E-state index contributed by atoms with van der Waals surface area (Å²) in [7, 11) is 0. The van der Waals surface area contributed by atoms with E-state index in [1.807, 2.05) is 39.0 Å². The molecule has 0 aliphatic heterocycles. The Balaban J connectivity index is 2.36. The van der Waals surface area contributed by atoms with E-state index >= 15 is 0 Å². The zero-order valence-corrected chi connectivity index (χ0v) is 15.8. The van der Waals surface area contributed by atoms with Gasteiger partial charge in [-0.1, -0.05) is 19.1 Å². The third-order valence-electron chi connectivity index (χ3n) is 4.48. The molecule has 0 atom stereocenters. The summed E-state index contributed by atoms with van der Waals surface area (Å²) >= 11 is 0. The fourth-order valence-corrected chi connectivity index (χ4v) is 3.05. The molecule has 0 spiro atoms. The molecule has 0 unspecified atom stereocenters. The van der Waals surface area contributed by atoms with E-state index in [0.717, 1.165) is 16.8 Å². The van der Waals surface area contributed by atoms with E-state index in [1.165, 1.54) is 31.2 Å². The molecule has 0 bridgehead atoms. The first kappa shape index (κ1) is 18.7. The third-order valence-corrected chi connectivity index (χ3v) is 4.48. The van der Waals surface area contributed by atoms with E-state index in [0.29, 0.717) is 23.1 Å². The smallest absolute Gasteiger partial charge is 0.266 e. The lowest BCUT2D eigenvalue weighted by Crippen LogP contribution is -2.24. The highest BCUT2D eigenvalue weighted by molar-refractivity contribution is 5.92. The lowest BCUT2D eigenvalue weighted by atomic mass is 10.1. The number of fused-ring (bicyclic) bond motifs is 1. The molecule has 0 aliphatic carbocycles. The normalized spacial score (nSPS) is 11.4. The molecule has 5 heteroatoms. The van der Waals surface area contributed by atoms with Crippen LogP contribution in [0, 0.1) is 19.7 Å². The van der Waals surface area contributed by atoms with Crippen molar-refractivity contribution in [2.24, 2.45) is 0 Å².